The van der Waals surface area contributed by atoms with Crippen molar-refractivity contribution in [1.82, 2.24) is 10.6 Å². The van der Waals surface area contributed by atoms with Gasteiger partial charge in [0.1, 0.15) is 0 Å². The van der Waals surface area contributed by atoms with Crippen molar-refractivity contribution in [3.63, 3.8) is 0 Å². The van der Waals surface area contributed by atoms with Crippen LogP contribution in [0.25, 0.3) is 0 Å². The Hall–Kier alpha value is -2.33. The third kappa shape index (κ3) is 5.85. The average Bonchev–Trinajstić information content (AvgIpc) is 3.19. The first-order valence-electron chi connectivity index (χ1n) is 11.5. The molecule has 2 aromatic rings. The maximum absolute atomic E-state index is 11.9. The molecule has 2 N–H and O–H groups in total. The fourth-order valence-corrected chi connectivity index (χ4v) is 4.49. The van der Waals surface area contributed by atoms with Gasteiger partial charge < -0.3 is 15.4 Å². The Morgan fingerprint density at radius 1 is 0.967 bits per heavy atom. The van der Waals surface area contributed by atoms with Gasteiger partial charge in [-0.05, 0) is 48.4 Å². The minimum absolute atomic E-state index is 0.0929. The molecule has 1 saturated heterocycles. The number of rotatable bonds is 9. The van der Waals surface area contributed by atoms with Crippen LogP contribution in [0, 0.1) is 0 Å². The lowest BCUT2D eigenvalue weighted by Gasteiger charge is -2.26. The van der Waals surface area contributed by atoms with E-state index in [4.69, 9.17) is 4.74 Å². The Morgan fingerprint density at radius 2 is 1.50 bits per heavy atom. The molecular formula is C26H36N2O2. The zero-order valence-corrected chi connectivity index (χ0v) is 18.6. The van der Waals surface area contributed by atoms with Crippen LogP contribution < -0.4 is 10.6 Å². The summed E-state index contributed by atoms with van der Waals surface area (Å²) in [5.74, 6) is 0.255. The minimum Gasteiger partial charge on any atom is -0.450 e. The molecule has 4 heteroatoms. The molecule has 0 aromatic heterocycles. The zero-order valence-electron chi connectivity index (χ0n) is 18.6. The molecule has 2 aromatic carbocycles. The number of nitrogens with one attached hydrogen (secondary N) is 2. The van der Waals surface area contributed by atoms with E-state index in [1.54, 1.807) is 0 Å². The predicted octanol–water partition coefficient (Wildman–Crippen LogP) is 5.20. The highest BCUT2D eigenvalue weighted by molar-refractivity contribution is 5.67. The Labute approximate surface area is 181 Å². The second kappa shape index (κ2) is 11.2. The molecule has 1 heterocycles. The highest BCUT2D eigenvalue weighted by Crippen LogP contribution is 2.33. The second-order valence-corrected chi connectivity index (χ2v) is 8.27. The van der Waals surface area contributed by atoms with Gasteiger partial charge in [-0.3, -0.25) is 0 Å². The summed E-state index contributed by atoms with van der Waals surface area (Å²) in [5, 5.41) is 6.66. The number of carbonyl (C=O) groups is 1. The van der Waals surface area contributed by atoms with Gasteiger partial charge in [0.05, 0.1) is 6.61 Å². The smallest absolute Gasteiger partial charge is 0.407 e. The summed E-state index contributed by atoms with van der Waals surface area (Å²) in [5.41, 5.74) is 5.43. The van der Waals surface area contributed by atoms with Crippen molar-refractivity contribution >= 4 is 6.09 Å². The third-order valence-electron chi connectivity index (χ3n) is 5.92. The van der Waals surface area contributed by atoms with Crippen molar-refractivity contribution in [2.75, 3.05) is 13.2 Å². The summed E-state index contributed by atoms with van der Waals surface area (Å²) in [7, 11) is 0. The highest BCUT2D eigenvalue weighted by Gasteiger charge is 2.33. The van der Waals surface area contributed by atoms with Crippen LogP contribution in [0.3, 0.4) is 0 Å². The first kappa shape index (κ1) is 22.4. The lowest BCUT2D eigenvalue weighted by Crippen LogP contribution is -2.36. The third-order valence-corrected chi connectivity index (χ3v) is 5.92. The molecule has 1 fully saturated rings. The van der Waals surface area contributed by atoms with E-state index in [0.29, 0.717) is 6.61 Å². The van der Waals surface area contributed by atoms with E-state index in [0.717, 1.165) is 38.6 Å². The molecule has 1 aliphatic rings. The number of aryl methyl sites for hydroxylation is 2. The van der Waals surface area contributed by atoms with E-state index in [9.17, 15) is 4.79 Å². The monoisotopic (exact) mass is 408 g/mol. The summed E-state index contributed by atoms with van der Waals surface area (Å²) in [6.45, 7) is 7.42. The van der Waals surface area contributed by atoms with Crippen LogP contribution in [-0.2, 0) is 17.6 Å². The van der Waals surface area contributed by atoms with Gasteiger partial charge in [0.2, 0.25) is 0 Å². The van der Waals surface area contributed by atoms with Crippen molar-refractivity contribution in [3.8, 4) is 0 Å². The van der Waals surface area contributed by atoms with Crippen molar-refractivity contribution in [1.29, 1.82) is 0 Å². The van der Waals surface area contributed by atoms with E-state index in [2.05, 4.69) is 73.0 Å². The summed E-state index contributed by atoms with van der Waals surface area (Å²) in [4.78, 5) is 11.9. The topological polar surface area (TPSA) is 50.4 Å². The summed E-state index contributed by atoms with van der Waals surface area (Å²) in [6, 6.07) is 18.5. The van der Waals surface area contributed by atoms with Gasteiger partial charge in [-0.25, -0.2) is 4.79 Å². The van der Waals surface area contributed by atoms with E-state index < -0.39 is 0 Å². The summed E-state index contributed by atoms with van der Waals surface area (Å²) < 4.78 is 5.06. The standard InChI is InChI=1S/C26H36N2O2/c1-4-7-19-9-13-21(14-10-19)25(22-15-11-20(8-5-2)12-16-22)24-17-23(18-27-24)28-26(29)30-6-3/h9-16,23-25,27H,4-8,17-18H2,1-3H3,(H,28,29). The molecule has 0 saturated carbocycles. The fourth-order valence-electron chi connectivity index (χ4n) is 4.49. The number of hydrogen-bond acceptors (Lipinski definition) is 3. The van der Waals surface area contributed by atoms with Gasteiger partial charge in [-0.15, -0.1) is 0 Å². The molecule has 0 radical (unpaired) electrons. The van der Waals surface area contributed by atoms with Crippen LogP contribution in [0.15, 0.2) is 48.5 Å². The lowest BCUT2D eigenvalue weighted by atomic mass is 9.83. The van der Waals surface area contributed by atoms with Gasteiger partial charge >= 0.3 is 6.09 Å². The molecule has 2 atom stereocenters. The van der Waals surface area contributed by atoms with Crippen LogP contribution in [-0.4, -0.2) is 31.3 Å². The van der Waals surface area contributed by atoms with Crippen molar-refractivity contribution in [2.45, 2.75) is 70.9 Å². The molecule has 0 spiro atoms. The SMILES string of the molecule is CCCc1ccc(C(c2ccc(CCC)cc2)C2CC(NC(=O)OCC)CN2)cc1. The van der Waals surface area contributed by atoms with E-state index in [1.807, 2.05) is 6.92 Å². The first-order chi connectivity index (χ1) is 14.6. The van der Waals surface area contributed by atoms with Crippen molar-refractivity contribution in [2.24, 2.45) is 0 Å². The Morgan fingerprint density at radius 3 is 1.97 bits per heavy atom. The van der Waals surface area contributed by atoms with Gasteiger partial charge in [0.15, 0.2) is 0 Å². The molecule has 162 valence electrons. The number of ether oxygens (including phenoxy) is 1. The van der Waals surface area contributed by atoms with Crippen LogP contribution in [0.4, 0.5) is 4.79 Å². The fraction of sp³-hybridized carbons (Fsp3) is 0.500. The summed E-state index contributed by atoms with van der Waals surface area (Å²) >= 11 is 0. The molecule has 1 aliphatic heterocycles. The van der Waals surface area contributed by atoms with Gasteiger partial charge in [-0.2, -0.15) is 0 Å². The largest absolute Gasteiger partial charge is 0.450 e. The lowest BCUT2D eigenvalue weighted by molar-refractivity contribution is 0.148. The summed E-state index contributed by atoms with van der Waals surface area (Å²) in [6.07, 6.45) is 5.11. The number of benzene rings is 2. The quantitative estimate of drug-likeness (QED) is 0.600. The minimum atomic E-state index is -0.325. The van der Waals surface area contributed by atoms with Crippen LogP contribution in [0.1, 0.15) is 68.2 Å². The van der Waals surface area contributed by atoms with E-state index >= 15 is 0 Å². The van der Waals surface area contributed by atoms with Crippen molar-refractivity contribution in [3.05, 3.63) is 70.8 Å². The normalized spacial score (nSPS) is 18.5. The molecule has 0 bridgehead atoms. The Bertz CT molecular complexity index is 736. The number of alkyl carbamates (subject to hydrolysis) is 1. The van der Waals surface area contributed by atoms with Gasteiger partial charge in [0.25, 0.3) is 0 Å². The van der Waals surface area contributed by atoms with Gasteiger partial charge in [-0.1, -0.05) is 75.2 Å². The Balaban J connectivity index is 1.81. The number of amides is 1. The van der Waals surface area contributed by atoms with Crippen LogP contribution in [0.2, 0.25) is 0 Å². The predicted molar refractivity (Wildman–Crippen MR) is 123 cm³/mol. The first-order valence-corrected chi connectivity index (χ1v) is 11.5. The zero-order chi connectivity index (χ0) is 21.3. The molecule has 3 rings (SSSR count). The molecular weight excluding hydrogens is 372 g/mol. The molecule has 4 nitrogen and oxygen atoms in total. The van der Waals surface area contributed by atoms with Gasteiger partial charge in [0, 0.05) is 24.5 Å². The van der Waals surface area contributed by atoms with E-state index in [1.165, 1.54) is 22.3 Å². The Kier molecular flexibility index (Phi) is 8.32. The average molecular weight is 409 g/mol. The highest BCUT2D eigenvalue weighted by atomic mass is 16.5. The second-order valence-electron chi connectivity index (χ2n) is 8.27. The maximum Gasteiger partial charge on any atom is 0.407 e. The maximum atomic E-state index is 11.9. The van der Waals surface area contributed by atoms with Crippen molar-refractivity contribution < 1.29 is 9.53 Å². The number of carbonyl (C=O) groups excluding carboxylic acids is 1. The molecule has 2 unspecified atom stereocenters. The van der Waals surface area contributed by atoms with E-state index in [-0.39, 0.29) is 24.1 Å². The molecule has 0 aliphatic carbocycles. The van der Waals surface area contributed by atoms with Crippen LogP contribution >= 0.6 is 0 Å². The molecule has 30 heavy (non-hydrogen) atoms. The number of hydrogen-bond donors (Lipinski definition) is 2. The van der Waals surface area contributed by atoms with Crippen LogP contribution in [0.5, 0.6) is 0 Å². The molecule has 1 amide bonds.